The number of nitrogens with zero attached hydrogens (tertiary/aromatic N) is 2. The van der Waals surface area contributed by atoms with Crippen LogP contribution in [0.2, 0.25) is 10.0 Å². The van der Waals surface area contributed by atoms with Crippen LogP contribution in [0.25, 0.3) is 0 Å². The zero-order chi connectivity index (χ0) is 42.3. The third-order valence-corrected chi connectivity index (χ3v) is 11.3. The van der Waals surface area contributed by atoms with Crippen LogP contribution in [0.1, 0.15) is 64.9 Å². The van der Waals surface area contributed by atoms with Gasteiger partial charge < -0.3 is 34.1 Å². The van der Waals surface area contributed by atoms with Crippen LogP contribution in [0.5, 0.6) is 28.7 Å². The molecule has 0 unspecified atom stereocenters. The lowest BCUT2D eigenvalue weighted by atomic mass is 9.92. The summed E-state index contributed by atoms with van der Waals surface area (Å²) in [7, 11) is 0. The molecule has 0 bridgehead atoms. The summed E-state index contributed by atoms with van der Waals surface area (Å²) in [5.74, 6) is 1.11. The number of halogens is 2. The number of fused-ring (bicyclic) bond motifs is 2. The Balaban J connectivity index is 1.03. The molecule has 0 saturated carbocycles. The number of aliphatic carboxylic acids is 1. The maximum Gasteiger partial charge on any atom is 0.410 e. The van der Waals surface area contributed by atoms with Crippen molar-refractivity contribution in [3.63, 3.8) is 0 Å². The fraction of sp³-hybridized carbons (Fsp3) is 0.304. The standard InChI is InChI=1S/C46H45Cl2N3O9/c1-4-5-18-56-46(55)51-24-33-23-42-41(58-26-43(60-42)31-9-13-34(14-10-31)57-25-30-8-15-36(47)37(48)19-30)22-32(33)21-39(51)44(52)50-38(45(53)54)20-29-6-11-35(12-7-29)59-40-16-17-49-28(3)27(40)2/h6-17,19,22-23,38-39,43H,4-5,18,20-21,24-26H2,1-3H3,(H,50,52)(H,53,54)/t38-,39-,43+/m0/s1. The average molecular weight is 855 g/mol. The molecule has 312 valence electrons. The summed E-state index contributed by atoms with van der Waals surface area (Å²) in [5, 5.41) is 13.8. The molecule has 0 fully saturated rings. The number of benzene rings is 4. The number of ether oxygens (including phenoxy) is 5. The van der Waals surface area contributed by atoms with Gasteiger partial charge in [-0.2, -0.15) is 0 Å². The second-order valence-electron chi connectivity index (χ2n) is 14.8. The number of hydrogen-bond donors (Lipinski definition) is 2. The number of hydrogen-bond acceptors (Lipinski definition) is 9. The predicted octanol–water partition coefficient (Wildman–Crippen LogP) is 9.36. The third kappa shape index (κ3) is 10.1. The number of nitrogens with one attached hydrogen (secondary N) is 1. The van der Waals surface area contributed by atoms with Gasteiger partial charge in [0.15, 0.2) is 17.6 Å². The first-order valence-corrected chi connectivity index (χ1v) is 20.5. The van der Waals surface area contributed by atoms with E-state index < -0.39 is 36.2 Å². The van der Waals surface area contributed by atoms with Crippen LogP contribution in [0, 0.1) is 13.8 Å². The minimum Gasteiger partial charge on any atom is -0.489 e. The summed E-state index contributed by atoms with van der Waals surface area (Å²) in [4.78, 5) is 45.7. The van der Waals surface area contributed by atoms with Crippen LogP contribution in [0.4, 0.5) is 4.79 Å². The maximum absolute atomic E-state index is 14.0. The molecule has 4 aromatic carbocycles. The molecule has 7 rings (SSSR count). The molecular weight excluding hydrogens is 809 g/mol. The lowest BCUT2D eigenvalue weighted by Gasteiger charge is -2.37. The summed E-state index contributed by atoms with van der Waals surface area (Å²) >= 11 is 12.2. The highest BCUT2D eigenvalue weighted by Crippen LogP contribution is 2.41. The zero-order valence-corrected chi connectivity index (χ0v) is 34.9. The van der Waals surface area contributed by atoms with E-state index in [9.17, 15) is 19.5 Å². The Morgan fingerprint density at radius 3 is 2.38 bits per heavy atom. The Labute approximate surface area is 358 Å². The highest BCUT2D eigenvalue weighted by Gasteiger charge is 2.38. The maximum atomic E-state index is 14.0. The molecule has 60 heavy (non-hydrogen) atoms. The van der Waals surface area contributed by atoms with Crippen molar-refractivity contribution in [1.29, 1.82) is 0 Å². The van der Waals surface area contributed by atoms with E-state index >= 15 is 0 Å². The van der Waals surface area contributed by atoms with E-state index in [1.54, 1.807) is 48.7 Å². The van der Waals surface area contributed by atoms with Gasteiger partial charge in [0.2, 0.25) is 5.91 Å². The van der Waals surface area contributed by atoms with Crippen molar-refractivity contribution in [1.82, 2.24) is 15.2 Å². The van der Waals surface area contributed by atoms with Crippen molar-refractivity contribution in [3.05, 3.63) is 140 Å². The number of carbonyl (C=O) groups is 3. The van der Waals surface area contributed by atoms with Crippen molar-refractivity contribution >= 4 is 41.2 Å². The van der Waals surface area contributed by atoms with Gasteiger partial charge in [0.25, 0.3) is 0 Å². The number of carboxylic acids is 1. The van der Waals surface area contributed by atoms with Gasteiger partial charge in [0.1, 0.15) is 42.5 Å². The number of rotatable bonds is 14. The minimum atomic E-state index is -1.27. The summed E-state index contributed by atoms with van der Waals surface area (Å²) in [6.07, 6.45) is 2.19. The average Bonchev–Trinajstić information content (AvgIpc) is 3.24. The zero-order valence-electron chi connectivity index (χ0n) is 33.4. The lowest BCUT2D eigenvalue weighted by molar-refractivity contribution is -0.142. The number of carboxylic acid groups (broad SMARTS) is 1. The fourth-order valence-electron chi connectivity index (χ4n) is 6.95. The first-order chi connectivity index (χ1) is 28.9. The molecule has 2 aliphatic heterocycles. The van der Waals surface area contributed by atoms with Gasteiger partial charge >= 0.3 is 12.1 Å². The third-order valence-electron chi connectivity index (χ3n) is 10.6. The van der Waals surface area contributed by atoms with Crippen LogP contribution < -0.4 is 24.3 Å². The molecule has 14 heteroatoms. The Hall–Kier alpha value is -5.98. The van der Waals surface area contributed by atoms with Gasteiger partial charge in [-0.05, 0) is 103 Å². The first kappa shape index (κ1) is 42.2. The molecule has 2 aliphatic rings. The van der Waals surface area contributed by atoms with Gasteiger partial charge in [0.05, 0.1) is 23.2 Å². The summed E-state index contributed by atoms with van der Waals surface area (Å²) in [5.41, 5.74) is 5.75. The van der Waals surface area contributed by atoms with E-state index in [2.05, 4.69) is 10.3 Å². The van der Waals surface area contributed by atoms with E-state index in [0.29, 0.717) is 57.4 Å². The summed E-state index contributed by atoms with van der Waals surface area (Å²) in [6.45, 7) is 6.60. The molecule has 2 N–H and O–H groups in total. The van der Waals surface area contributed by atoms with Crippen LogP contribution in [-0.2, 0) is 40.3 Å². The smallest absolute Gasteiger partial charge is 0.410 e. The van der Waals surface area contributed by atoms with Crippen molar-refractivity contribution in [2.45, 2.75) is 77.8 Å². The number of pyridine rings is 1. The molecule has 1 aromatic heterocycles. The van der Waals surface area contributed by atoms with Crippen LogP contribution in [0.15, 0.2) is 91.1 Å². The highest BCUT2D eigenvalue weighted by molar-refractivity contribution is 6.42. The van der Waals surface area contributed by atoms with Crippen molar-refractivity contribution < 1.29 is 43.2 Å². The van der Waals surface area contributed by atoms with E-state index in [-0.39, 0.29) is 32.6 Å². The van der Waals surface area contributed by atoms with E-state index in [1.165, 1.54) is 4.90 Å². The molecular formula is C46H45Cl2N3O9. The minimum absolute atomic E-state index is 0.00728. The quantitative estimate of drug-likeness (QED) is 0.104. The number of amides is 2. The van der Waals surface area contributed by atoms with E-state index in [4.69, 9.17) is 46.9 Å². The molecule has 12 nitrogen and oxygen atoms in total. The van der Waals surface area contributed by atoms with Crippen LogP contribution >= 0.6 is 23.2 Å². The molecule has 3 atom stereocenters. The van der Waals surface area contributed by atoms with Crippen molar-refractivity contribution in [2.75, 3.05) is 13.2 Å². The normalized spacial score (nSPS) is 16.0. The molecule has 3 heterocycles. The van der Waals surface area contributed by atoms with E-state index in [0.717, 1.165) is 39.9 Å². The summed E-state index contributed by atoms with van der Waals surface area (Å²) < 4.78 is 30.2. The molecule has 5 aromatic rings. The number of unbranched alkanes of at least 4 members (excludes halogenated alkanes) is 1. The number of carbonyl (C=O) groups excluding carboxylic acids is 2. The second-order valence-corrected chi connectivity index (χ2v) is 15.6. The molecule has 0 spiro atoms. The van der Waals surface area contributed by atoms with Crippen LogP contribution in [0.3, 0.4) is 0 Å². The highest BCUT2D eigenvalue weighted by atomic mass is 35.5. The van der Waals surface area contributed by atoms with Crippen molar-refractivity contribution in [3.8, 4) is 28.7 Å². The summed E-state index contributed by atoms with van der Waals surface area (Å²) in [6, 6.07) is 23.1. The van der Waals surface area contributed by atoms with Crippen LogP contribution in [-0.4, -0.2) is 58.3 Å². The Morgan fingerprint density at radius 1 is 0.917 bits per heavy atom. The van der Waals surface area contributed by atoms with E-state index in [1.807, 2.05) is 63.2 Å². The Kier molecular flexibility index (Phi) is 13.3. The predicted molar refractivity (Wildman–Crippen MR) is 225 cm³/mol. The topological polar surface area (TPSA) is 146 Å². The second kappa shape index (κ2) is 18.9. The van der Waals surface area contributed by atoms with Gasteiger partial charge in [-0.3, -0.25) is 14.7 Å². The molecule has 0 saturated heterocycles. The molecule has 2 amide bonds. The van der Waals surface area contributed by atoms with Gasteiger partial charge in [-0.25, -0.2) is 9.59 Å². The van der Waals surface area contributed by atoms with Gasteiger partial charge in [-0.15, -0.1) is 0 Å². The molecule has 0 aliphatic carbocycles. The van der Waals surface area contributed by atoms with Crippen molar-refractivity contribution in [2.24, 2.45) is 0 Å². The van der Waals surface area contributed by atoms with Gasteiger partial charge in [0, 0.05) is 30.3 Å². The lowest BCUT2D eigenvalue weighted by Crippen LogP contribution is -2.56. The Morgan fingerprint density at radius 2 is 1.65 bits per heavy atom. The van der Waals surface area contributed by atoms with Gasteiger partial charge in [-0.1, -0.05) is 66.9 Å². The Bertz CT molecular complexity index is 2360. The largest absolute Gasteiger partial charge is 0.489 e. The molecule has 0 radical (unpaired) electrons. The number of aromatic nitrogens is 1. The number of aryl methyl sites for hydroxylation is 1. The fourth-order valence-corrected chi connectivity index (χ4v) is 7.28. The first-order valence-electron chi connectivity index (χ1n) is 19.7. The monoisotopic (exact) mass is 853 g/mol. The SMILES string of the molecule is CCCCOC(=O)N1Cc2cc3c(cc2C[C@H]1C(=O)N[C@@H](Cc1ccc(Oc2ccnc(C)c2C)cc1)C(=O)O)OC[C@H](c1ccc(OCc2ccc(Cl)c(Cl)c2)cc1)O3.